The Morgan fingerprint density at radius 1 is 1.13 bits per heavy atom. The van der Waals surface area contributed by atoms with E-state index < -0.39 is 17.6 Å². The van der Waals surface area contributed by atoms with E-state index in [1.54, 1.807) is 24.3 Å². The Balaban J connectivity index is 1.46. The van der Waals surface area contributed by atoms with Gasteiger partial charge in [0.15, 0.2) is 5.13 Å². The molecule has 1 aliphatic rings. The van der Waals surface area contributed by atoms with Gasteiger partial charge < -0.3 is 5.32 Å². The lowest BCUT2D eigenvalue weighted by Gasteiger charge is -2.20. The van der Waals surface area contributed by atoms with Crippen molar-refractivity contribution >= 4 is 39.9 Å². The molecule has 5 nitrogen and oxygen atoms in total. The number of aryl methyl sites for hydroxylation is 1. The Labute approximate surface area is 186 Å². The largest absolute Gasteiger partial charge is 0.351 e. The smallest absolute Gasteiger partial charge is 0.257 e. The van der Waals surface area contributed by atoms with E-state index in [2.05, 4.69) is 15.6 Å². The van der Waals surface area contributed by atoms with E-state index in [0.717, 1.165) is 29.9 Å². The second kappa shape index (κ2) is 9.11. The monoisotopic (exact) mass is 461 g/mol. The molecular formula is C22H18ClF2N3O2S. The molecule has 2 aromatic carbocycles. The molecule has 1 heterocycles. The number of aromatic nitrogens is 1. The number of benzene rings is 2. The second-order valence-electron chi connectivity index (χ2n) is 7.15. The lowest BCUT2D eigenvalue weighted by Crippen LogP contribution is -2.31. The van der Waals surface area contributed by atoms with Gasteiger partial charge in [-0.05, 0) is 55.7 Å². The predicted molar refractivity (Wildman–Crippen MR) is 115 cm³/mol. The number of nitrogens with one attached hydrogen (secondary N) is 2. The standard InChI is InChI=1S/C22H18ClF2N3O2S/c23-13-9-7-12(8-10-13)20(29)28-22-27-19-14(3-1-6-18(19)31-22)21(30)26-11-15-16(24)4-2-5-17(15)25/h2,4-5,7-10,14H,1,3,6,11H2,(H,26,30)(H,27,28,29). The number of hydrogen-bond donors (Lipinski definition) is 2. The van der Waals surface area contributed by atoms with Gasteiger partial charge in [0, 0.05) is 27.6 Å². The van der Waals surface area contributed by atoms with Crippen molar-refractivity contribution in [1.29, 1.82) is 0 Å². The van der Waals surface area contributed by atoms with Crippen molar-refractivity contribution in [2.24, 2.45) is 0 Å². The van der Waals surface area contributed by atoms with Crippen LogP contribution in [0.1, 0.15) is 45.3 Å². The Hall–Kier alpha value is -2.84. The normalized spacial score (nSPS) is 15.3. The summed E-state index contributed by atoms with van der Waals surface area (Å²) < 4.78 is 27.6. The highest BCUT2D eigenvalue weighted by molar-refractivity contribution is 7.16. The molecule has 1 aromatic heterocycles. The van der Waals surface area contributed by atoms with Crippen molar-refractivity contribution in [3.8, 4) is 0 Å². The molecule has 0 radical (unpaired) electrons. The fraction of sp³-hybridized carbons (Fsp3) is 0.227. The topological polar surface area (TPSA) is 71.1 Å². The number of carbonyl (C=O) groups excluding carboxylic acids is 2. The van der Waals surface area contributed by atoms with Crippen molar-refractivity contribution in [3.05, 3.63) is 80.8 Å². The van der Waals surface area contributed by atoms with Crippen LogP contribution in [0.4, 0.5) is 13.9 Å². The third-order valence-corrected chi connectivity index (χ3v) is 6.40. The summed E-state index contributed by atoms with van der Waals surface area (Å²) in [6, 6.07) is 10.1. The summed E-state index contributed by atoms with van der Waals surface area (Å²) in [6.07, 6.45) is 2.12. The molecule has 4 rings (SSSR count). The summed E-state index contributed by atoms with van der Waals surface area (Å²) in [5.41, 5.74) is 0.869. The summed E-state index contributed by atoms with van der Waals surface area (Å²) in [6.45, 7) is -0.243. The molecule has 31 heavy (non-hydrogen) atoms. The highest BCUT2D eigenvalue weighted by atomic mass is 35.5. The maximum atomic E-state index is 13.8. The van der Waals surface area contributed by atoms with E-state index in [1.165, 1.54) is 17.4 Å². The molecule has 1 unspecified atom stereocenters. The number of amides is 2. The van der Waals surface area contributed by atoms with Gasteiger partial charge in [0.05, 0.1) is 11.6 Å². The lowest BCUT2D eigenvalue weighted by molar-refractivity contribution is -0.123. The van der Waals surface area contributed by atoms with E-state index in [0.29, 0.717) is 27.8 Å². The number of anilines is 1. The first kappa shape index (κ1) is 21.4. The number of nitrogens with zero attached hydrogens (tertiary/aromatic N) is 1. The van der Waals surface area contributed by atoms with Crippen LogP contribution in [0.15, 0.2) is 42.5 Å². The van der Waals surface area contributed by atoms with Crippen LogP contribution in [0.25, 0.3) is 0 Å². The Bertz CT molecular complexity index is 1110. The Kier molecular flexibility index (Phi) is 6.29. The third kappa shape index (κ3) is 4.75. The SMILES string of the molecule is O=C(Nc1nc2c(s1)CCCC2C(=O)NCc1c(F)cccc1F)c1ccc(Cl)cc1. The van der Waals surface area contributed by atoms with E-state index in [4.69, 9.17) is 11.6 Å². The fourth-order valence-electron chi connectivity index (χ4n) is 3.50. The predicted octanol–water partition coefficient (Wildman–Crippen LogP) is 5.06. The summed E-state index contributed by atoms with van der Waals surface area (Å²) in [7, 11) is 0. The van der Waals surface area contributed by atoms with E-state index in [1.807, 2.05) is 0 Å². The highest BCUT2D eigenvalue weighted by Gasteiger charge is 2.30. The van der Waals surface area contributed by atoms with Gasteiger partial charge in [0.25, 0.3) is 5.91 Å². The van der Waals surface area contributed by atoms with Crippen LogP contribution in [0.3, 0.4) is 0 Å². The van der Waals surface area contributed by atoms with Crippen LogP contribution in [0.2, 0.25) is 5.02 Å². The number of hydrogen-bond acceptors (Lipinski definition) is 4. The molecule has 0 saturated carbocycles. The molecule has 0 spiro atoms. The molecule has 2 amide bonds. The molecule has 160 valence electrons. The van der Waals surface area contributed by atoms with Gasteiger partial charge in [-0.3, -0.25) is 14.9 Å². The molecule has 0 bridgehead atoms. The minimum absolute atomic E-state index is 0.180. The summed E-state index contributed by atoms with van der Waals surface area (Å²) in [5, 5.41) is 6.32. The molecule has 1 atom stereocenters. The maximum Gasteiger partial charge on any atom is 0.257 e. The second-order valence-corrected chi connectivity index (χ2v) is 8.67. The van der Waals surface area contributed by atoms with Crippen LogP contribution in [-0.4, -0.2) is 16.8 Å². The average molecular weight is 462 g/mol. The first-order chi connectivity index (χ1) is 14.9. The van der Waals surface area contributed by atoms with Crippen molar-refractivity contribution < 1.29 is 18.4 Å². The zero-order chi connectivity index (χ0) is 22.0. The van der Waals surface area contributed by atoms with Crippen molar-refractivity contribution in [1.82, 2.24) is 10.3 Å². The number of fused-ring (bicyclic) bond motifs is 1. The Morgan fingerprint density at radius 3 is 2.55 bits per heavy atom. The van der Waals surface area contributed by atoms with Gasteiger partial charge in [-0.2, -0.15) is 0 Å². The first-order valence-electron chi connectivity index (χ1n) is 9.69. The van der Waals surface area contributed by atoms with E-state index >= 15 is 0 Å². The molecule has 9 heteroatoms. The minimum Gasteiger partial charge on any atom is -0.351 e. The quantitative estimate of drug-likeness (QED) is 0.557. The van der Waals surface area contributed by atoms with Crippen LogP contribution in [-0.2, 0) is 17.8 Å². The number of thiazole rings is 1. The lowest BCUT2D eigenvalue weighted by atomic mass is 9.90. The van der Waals surface area contributed by atoms with Crippen LogP contribution in [0.5, 0.6) is 0 Å². The first-order valence-corrected chi connectivity index (χ1v) is 10.9. The molecule has 3 aromatic rings. The van der Waals surface area contributed by atoms with Gasteiger partial charge in [-0.25, -0.2) is 13.8 Å². The van der Waals surface area contributed by atoms with Gasteiger partial charge >= 0.3 is 0 Å². The number of carbonyl (C=O) groups is 2. The van der Waals surface area contributed by atoms with Gasteiger partial charge in [0.1, 0.15) is 11.6 Å². The van der Waals surface area contributed by atoms with Crippen LogP contribution < -0.4 is 10.6 Å². The zero-order valence-corrected chi connectivity index (χ0v) is 17.8. The number of rotatable bonds is 5. The highest BCUT2D eigenvalue weighted by Crippen LogP contribution is 2.37. The van der Waals surface area contributed by atoms with Crippen molar-refractivity contribution in [2.45, 2.75) is 31.7 Å². The average Bonchev–Trinajstić information content (AvgIpc) is 3.16. The van der Waals surface area contributed by atoms with Gasteiger partial charge in [-0.1, -0.05) is 17.7 Å². The van der Waals surface area contributed by atoms with Gasteiger partial charge in [0.2, 0.25) is 5.91 Å². The molecule has 1 aliphatic carbocycles. The summed E-state index contributed by atoms with van der Waals surface area (Å²) in [5.74, 6) is -2.60. The maximum absolute atomic E-state index is 13.8. The molecule has 2 N–H and O–H groups in total. The fourth-order valence-corrected chi connectivity index (χ4v) is 4.68. The van der Waals surface area contributed by atoms with Crippen LogP contribution in [0, 0.1) is 11.6 Å². The zero-order valence-electron chi connectivity index (χ0n) is 16.3. The van der Waals surface area contributed by atoms with Crippen molar-refractivity contribution in [2.75, 3.05) is 5.32 Å². The third-order valence-electron chi connectivity index (χ3n) is 5.10. The van der Waals surface area contributed by atoms with E-state index in [-0.39, 0.29) is 23.9 Å². The minimum atomic E-state index is -0.703. The van der Waals surface area contributed by atoms with Gasteiger partial charge in [-0.15, -0.1) is 11.3 Å². The Morgan fingerprint density at radius 2 is 1.84 bits per heavy atom. The molecule has 0 fully saturated rings. The summed E-state index contributed by atoms with van der Waals surface area (Å²) >= 11 is 7.18. The summed E-state index contributed by atoms with van der Waals surface area (Å²) in [4.78, 5) is 30.6. The number of halogens is 3. The van der Waals surface area contributed by atoms with Crippen LogP contribution >= 0.6 is 22.9 Å². The molecular weight excluding hydrogens is 444 g/mol. The molecule has 0 saturated heterocycles. The van der Waals surface area contributed by atoms with Crippen molar-refractivity contribution in [3.63, 3.8) is 0 Å². The molecule has 0 aliphatic heterocycles. The van der Waals surface area contributed by atoms with E-state index in [9.17, 15) is 18.4 Å².